The van der Waals surface area contributed by atoms with Gasteiger partial charge in [-0.25, -0.2) is 17.5 Å². The Hall–Kier alpha value is -1.91. The average Bonchev–Trinajstić information content (AvgIpc) is 3.64. The van der Waals surface area contributed by atoms with Crippen molar-refractivity contribution in [2.75, 3.05) is 39.2 Å². The van der Waals surface area contributed by atoms with Gasteiger partial charge in [-0.05, 0) is 86.0 Å². The average molecular weight is 586 g/mol. The number of nitrogens with one attached hydrogen (secondary N) is 1. The number of sulfonamides is 1. The second kappa shape index (κ2) is 11.3. The number of carbonyl (C=O) groups is 1. The fourth-order valence-corrected chi connectivity index (χ4v) is 6.37. The third kappa shape index (κ3) is 6.62. The first-order valence-electron chi connectivity index (χ1n) is 12.8. The molecule has 5 rings (SSSR count). The molecule has 2 saturated heterocycles. The number of nitrogens with zero attached hydrogens (tertiary/aromatic N) is 1. The topological polar surface area (TPSA) is 84.9 Å². The van der Waals surface area contributed by atoms with E-state index in [4.69, 9.17) is 32.7 Å². The molecule has 38 heavy (non-hydrogen) atoms. The zero-order valence-corrected chi connectivity index (χ0v) is 23.4. The molecular formula is C27H31Cl2FN2O5S. The van der Waals surface area contributed by atoms with E-state index < -0.39 is 21.7 Å². The van der Waals surface area contributed by atoms with Gasteiger partial charge in [-0.2, -0.15) is 0 Å². The van der Waals surface area contributed by atoms with Gasteiger partial charge in [0.25, 0.3) is 5.91 Å². The Balaban J connectivity index is 1.23. The largest absolute Gasteiger partial charge is 0.493 e. The second-order valence-corrected chi connectivity index (χ2v) is 13.2. The molecule has 2 aromatic carbocycles. The van der Waals surface area contributed by atoms with Crippen LogP contribution in [0.1, 0.15) is 59.1 Å². The van der Waals surface area contributed by atoms with Crippen molar-refractivity contribution in [1.82, 2.24) is 9.62 Å². The number of carbonyl (C=O) groups excluding carboxylic acids is 1. The van der Waals surface area contributed by atoms with Crippen LogP contribution in [0.25, 0.3) is 0 Å². The van der Waals surface area contributed by atoms with Crippen LogP contribution in [0.2, 0.25) is 10.0 Å². The fraction of sp³-hybridized carbons (Fsp3) is 0.519. The molecule has 1 aliphatic carbocycles. The van der Waals surface area contributed by atoms with Crippen LogP contribution in [0.4, 0.5) is 4.39 Å². The van der Waals surface area contributed by atoms with Crippen molar-refractivity contribution in [1.29, 1.82) is 0 Å². The van der Waals surface area contributed by atoms with Gasteiger partial charge in [0, 0.05) is 28.1 Å². The number of piperidine rings is 1. The number of amides is 1. The number of rotatable bonds is 9. The molecule has 0 radical (unpaired) electrons. The SMILES string of the molecule is CS(=O)(=O)NC(=O)c1cc(C2CC2)c(OCC2CCN(C(c3cc(Cl)cc(Cl)c3)C3COC3)CC2)cc1F. The second-order valence-electron chi connectivity index (χ2n) is 10.6. The van der Waals surface area contributed by atoms with E-state index in [0.29, 0.717) is 47.5 Å². The molecule has 3 fully saturated rings. The van der Waals surface area contributed by atoms with Crippen LogP contribution in [-0.4, -0.2) is 58.4 Å². The summed E-state index contributed by atoms with van der Waals surface area (Å²) in [6, 6.07) is 8.55. The first kappa shape index (κ1) is 27.6. The maximum Gasteiger partial charge on any atom is 0.267 e. The monoisotopic (exact) mass is 584 g/mol. The zero-order chi connectivity index (χ0) is 27.0. The molecule has 1 N–H and O–H groups in total. The van der Waals surface area contributed by atoms with Gasteiger partial charge in [0.1, 0.15) is 11.6 Å². The number of hydrogen-bond acceptors (Lipinski definition) is 6. The third-order valence-corrected chi connectivity index (χ3v) is 8.49. The molecule has 7 nitrogen and oxygen atoms in total. The highest BCUT2D eigenvalue weighted by Crippen LogP contribution is 2.45. The molecule has 0 spiro atoms. The van der Waals surface area contributed by atoms with Crippen molar-refractivity contribution in [2.45, 2.75) is 37.6 Å². The summed E-state index contributed by atoms with van der Waals surface area (Å²) < 4.78 is 51.1. The van der Waals surface area contributed by atoms with E-state index in [1.807, 2.05) is 16.9 Å². The smallest absolute Gasteiger partial charge is 0.267 e. The molecule has 1 saturated carbocycles. The van der Waals surface area contributed by atoms with Gasteiger partial charge < -0.3 is 9.47 Å². The fourth-order valence-electron chi connectivity index (χ4n) is 5.38. The Morgan fingerprint density at radius 2 is 1.76 bits per heavy atom. The molecule has 1 unspecified atom stereocenters. The summed E-state index contributed by atoms with van der Waals surface area (Å²) in [5, 5.41) is 1.25. The molecule has 0 bridgehead atoms. The molecule has 0 aromatic heterocycles. The maximum atomic E-state index is 14.8. The summed E-state index contributed by atoms with van der Waals surface area (Å²) in [7, 11) is -3.80. The minimum absolute atomic E-state index is 0.183. The summed E-state index contributed by atoms with van der Waals surface area (Å²) in [5.41, 5.74) is 1.57. The van der Waals surface area contributed by atoms with E-state index >= 15 is 0 Å². The van der Waals surface area contributed by atoms with Crippen molar-refractivity contribution in [3.05, 3.63) is 62.9 Å². The standard InChI is InChI=1S/C27H31Cl2FN2O5S/c1-38(34,35)31-27(33)23-11-22(17-2-3-17)25(12-24(23)30)37-13-16-4-6-32(7-5-16)26(19-14-36-15-19)18-8-20(28)10-21(29)9-18/h8-12,16-17,19,26H,2-7,13-15H2,1H3,(H,31,33). The molecule has 2 heterocycles. The number of benzene rings is 2. The Bertz CT molecular complexity index is 1290. The van der Waals surface area contributed by atoms with E-state index in [0.717, 1.165) is 56.2 Å². The van der Waals surface area contributed by atoms with Crippen LogP contribution in [-0.2, 0) is 14.8 Å². The first-order chi connectivity index (χ1) is 18.1. The predicted octanol–water partition coefficient (Wildman–Crippen LogP) is 5.18. The molecule has 2 aromatic rings. The van der Waals surface area contributed by atoms with E-state index in [9.17, 15) is 17.6 Å². The zero-order valence-electron chi connectivity index (χ0n) is 21.1. The normalized spacial score (nSPS) is 20.1. The third-order valence-electron chi connectivity index (χ3n) is 7.49. The number of ether oxygens (including phenoxy) is 2. The lowest BCUT2D eigenvalue weighted by atomic mass is 9.87. The van der Waals surface area contributed by atoms with Crippen molar-refractivity contribution in [2.24, 2.45) is 11.8 Å². The van der Waals surface area contributed by atoms with E-state index in [-0.39, 0.29) is 17.5 Å². The molecule has 206 valence electrons. The molecule has 1 atom stereocenters. The van der Waals surface area contributed by atoms with Gasteiger partial charge in [0.05, 0.1) is 31.6 Å². The van der Waals surface area contributed by atoms with Crippen LogP contribution in [0.15, 0.2) is 30.3 Å². The van der Waals surface area contributed by atoms with Gasteiger partial charge in [0.2, 0.25) is 10.0 Å². The lowest BCUT2D eigenvalue weighted by Crippen LogP contribution is -2.46. The minimum Gasteiger partial charge on any atom is -0.493 e. The van der Waals surface area contributed by atoms with E-state index in [2.05, 4.69) is 4.90 Å². The van der Waals surface area contributed by atoms with E-state index in [1.165, 1.54) is 12.1 Å². The highest BCUT2D eigenvalue weighted by molar-refractivity contribution is 7.89. The quantitative estimate of drug-likeness (QED) is 0.437. The first-order valence-corrected chi connectivity index (χ1v) is 15.5. The Kier molecular flexibility index (Phi) is 8.22. The van der Waals surface area contributed by atoms with Gasteiger partial charge in [0.15, 0.2) is 0 Å². The van der Waals surface area contributed by atoms with Crippen molar-refractivity contribution in [3.63, 3.8) is 0 Å². The highest BCUT2D eigenvalue weighted by atomic mass is 35.5. The number of likely N-dealkylation sites (tertiary alicyclic amines) is 1. The van der Waals surface area contributed by atoms with Crippen LogP contribution in [0.5, 0.6) is 5.75 Å². The summed E-state index contributed by atoms with van der Waals surface area (Å²) in [6.07, 6.45) is 4.56. The van der Waals surface area contributed by atoms with Gasteiger partial charge in [-0.1, -0.05) is 23.2 Å². The number of hydrogen-bond donors (Lipinski definition) is 1. The summed E-state index contributed by atoms with van der Waals surface area (Å²) >= 11 is 12.6. The van der Waals surface area contributed by atoms with Crippen molar-refractivity contribution >= 4 is 39.1 Å². The maximum absolute atomic E-state index is 14.8. The lowest BCUT2D eigenvalue weighted by molar-refractivity contribution is -0.0816. The van der Waals surface area contributed by atoms with Crippen LogP contribution < -0.4 is 9.46 Å². The molecular weight excluding hydrogens is 554 g/mol. The molecule has 11 heteroatoms. The van der Waals surface area contributed by atoms with E-state index in [1.54, 1.807) is 6.07 Å². The van der Waals surface area contributed by atoms with Crippen LogP contribution in [0, 0.1) is 17.7 Å². The Morgan fingerprint density at radius 1 is 1.11 bits per heavy atom. The van der Waals surface area contributed by atoms with Crippen LogP contribution >= 0.6 is 23.2 Å². The molecule has 1 amide bonds. The highest BCUT2D eigenvalue weighted by Gasteiger charge is 2.36. The summed E-state index contributed by atoms with van der Waals surface area (Å²) in [6.45, 7) is 3.64. The van der Waals surface area contributed by atoms with Crippen molar-refractivity contribution < 1.29 is 27.1 Å². The minimum atomic E-state index is -3.80. The van der Waals surface area contributed by atoms with Crippen LogP contribution in [0.3, 0.4) is 0 Å². The van der Waals surface area contributed by atoms with Gasteiger partial charge in [-0.3, -0.25) is 9.69 Å². The van der Waals surface area contributed by atoms with Gasteiger partial charge in [-0.15, -0.1) is 0 Å². The molecule has 3 aliphatic rings. The number of halogens is 3. The Morgan fingerprint density at radius 3 is 2.32 bits per heavy atom. The summed E-state index contributed by atoms with van der Waals surface area (Å²) in [4.78, 5) is 14.8. The lowest BCUT2D eigenvalue weighted by Gasteiger charge is -2.44. The Labute approximate surface area is 232 Å². The molecule has 2 aliphatic heterocycles. The predicted molar refractivity (Wildman–Crippen MR) is 144 cm³/mol. The van der Waals surface area contributed by atoms with Gasteiger partial charge >= 0.3 is 0 Å². The summed E-state index contributed by atoms with van der Waals surface area (Å²) in [5.74, 6) is -0.464. The van der Waals surface area contributed by atoms with Crippen molar-refractivity contribution in [3.8, 4) is 5.75 Å².